The number of aromatic nitrogens is 2. The maximum absolute atomic E-state index is 9.63. The molecule has 3 aromatic rings. The van der Waals surface area contributed by atoms with Gasteiger partial charge in [-0.05, 0) is 49.4 Å². The van der Waals surface area contributed by atoms with E-state index in [0.717, 1.165) is 17.8 Å². The summed E-state index contributed by atoms with van der Waals surface area (Å²) in [6.07, 6.45) is 5.51. The van der Waals surface area contributed by atoms with Crippen molar-refractivity contribution in [3.8, 4) is 11.4 Å². The summed E-state index contributed by atoms with van der Waals surface area (Å²) in [5.41, 5.74) is 3.47. The van der Waals surface area contributed by atoms with E-state index in [1.807, 2.05) is 29.0 Å². The number of aromatic hydroxyl groups is 1. The Morgan fingerprint density at radius 1 is 1.17 bits per heavy atom. The number of imidazole rings is 1. The molecule has 0 fully saturated rings. The van der Waals surface area contributed by atoms with E-state index in [-0.39, 0.29) is 6.04 Å². The third-order valence-electron chi connectivity index (χ3n) is 4.18. The quantitative estimate of drug-likeness (QED) is 0.780. The third kappa shape index (κ3) is 3.60. The van der Waals surface area contributed by atoms with Crippen LogP contribution in [0, 0.1) is 0 Å². The normalized spacial score (nSPS) is 12.5. The van der Waals surface area contributed by atoms with Crippen LogP contribution in [0.25, 0.3) is 5.69 Å². The van der Waals surface area contributed by atoms with E-state index < -0.39 is 0 Å². The van der Waals surface area contributed by atoms with Crippen molar-refractivity contribution in [2.24, 2.45) is 0 Å². The monoisotopic (exact) mass is 307 g/mol. The molecule has 23 heavy (non-hydrogen) atoms. The van der Waals surface area contributed by atoms with Gasteiger partial charge in [-0.1, -0.05) is 24.3 Å². The topological polar surface area (TPSA) is 41.3 Å². The summed E-state index contributed by atoms with van der Waals surface area (Å²) < 4.78 is 1.99. The van der Waals surface area contributed by atoms with Crippen LogP contribution in [-0.2, 0) is 6.54 Å². The summed E-state index contributed by atoms with van der Waals surface area (Å²) in [5.74, 6) is 0.312. The number of nitrogens with zero attached hydrogens (tertiary/aromatic N) is 3. The van der Waals surface area contributed by atoms with Gasteiger partial charge in [0.2, 0.25) is 0 Å². The van der Waals surface area contributed by atoms with Crippen molar-refractivity contribution in [2.75, 3.05) is 7.05 Å². The van der Waals surface area contributed by atoms with Crippen molar-refractivity contribution in [3.05, 3.63) is 78.4 Å². The number of hydrogen-bond donors (Lipinski definition) is 1. The lowest BCUT2D eigenvalue weighted by Gasteiger charge is -2.25. The highest BCUT2D eigenvalue weighted by Crippen LogP contribution is 2.23. The maximum atomic E-state index is 9.63. The molecule has 2 aromatic carbocycles. The molecule has 0 aliphatic rings. The Hall–Kier alpha value is -2.59. The van der Waals surface area contributed by atoms with Gasteiger partial charge in [0.05, 0.1) is 6.33 Å². The minimum atomic E-state index is 0.232. The molecule has 4 heteroatoms. The number of rotatable bonds is 5. The van der Waals surface area contributed by atoms with Crippen LogP contribution in [0.2, 0.25) is 0 Å². The van der Waals surface area contributed by atoms with Gasteiger partial charge in [-0.25, -0.2) is 4.98 Å². The van der Waals surface area contributed by atoms with Crippen LogP contribution in [0.3, 0.4) is 0 Å². The van der Waals surface area contributed by atoms with Crippen LogP contribution in [0.4, 0.5) is 0 Å². The van der Waals surface area contributed by atoms with Crippen molar-refractivity contribution in [2.45, 2.75) is 19.5 Å². The van der Waals surface area contributed by atoms with Crippen molar-refractivity contribution in [1.29, 1.82) is 0 Å². The van der Waals surface area contributed by atoms with Crippen molar-refractivity contribution in [1.82, 2.24) is 14.5 Å². The Morgan fingerprint density at radius 3 is 2.61 bits per heavy atom. The average Bonchev–Trinajstić information content (AvgIpc) is 3.09. The smallest absolute Gasteiger partial charge is 0.115 e. The Morgan fingerprint density at radius 2 is 1.96 bits per heavy atom. The van der Waals surface area contributed by atoms with E-state index in [2.05, 4.69) is 48.1 Å². The van der Waals surface area contributed by atoms with Crippen LogP contribution in [0.15, 0.2) is 67.3 Å². The average molecular weight is 307 g/mol. The predicted octanol–water partition coefficient (Wildman–Crippen LogP) is 3.77. The minimum Gasteiger partial charge on any atom is -0.508 e. The lowest BCUT2D eigenvalue weighted by molar-refractivity contribution is 0.252. The molecule has 0 aliphatic carbocycles. The second-order valence-electron chi connectivity index (χ2n) is 5.82. The predicted molar refractivity (Wildman–Crippen MR) is 91.6 cm³/mol. The van der Waals surface area contributed by atoms with E-state index in [9.17, 15) is 5.11 Å². The molecule has 1 N–H and O–H groups in total. The molecule has 0 saturated carbocycles. The molecule has 1 heterocycles. The van der Waals surface area contributed by atoms with Gasteiger partial charge < -0.3 is 9.67 Å². The van der Waals surface area contributed by atoms with Gasteiger partial charge in [0.1, 0.15) is 5.75 Å². The summed E-state index contributed by atoms with van der Waals surface area (Å²) in [6.45, 7) is 3.00. The second-order valence-corrected chi connectivity index (χ2v) is 5.82. The number of benzene rings is 2. The molecule has 1 unspecified atom stereocenters. The maximum Gasteiger partial charge on any atom is 0.115 e. The largest absolute Gasteiger partial charge is 0.508 e. The second kappa shape index (κ2) is 6.67. The Kier molecular flexibility index (Phi) is 4.44. The molecule has 0 saturated heterocycles. The van der Waals surface area contributed by atoms with E-state index in [0.29, 0.717) is 5.75 Å². The van der Waals surface area contributed by atoms with Crippen LogP contribution in [-0.4, -0.2) is 26.6 Å². The summed E-state index contributed by atoms with van der Waals surface area (Å²) in [4.78, 5) is 6.33. The fourth-order valence-electron chi connectivity index (χ4n) is 2.65. The lowest BCUT2D eigenvalue weighted by Crippen LogP contribution is -2.21. The first-order valence-electron chi connectivity index (χ1n) is 7.70. The summed E-state index contributed by atoms with van der Waals surface area (Å²) >= 11 is 0. The zero-order valence-corrected chi connectivity index (χ0v) is 13.4. The van der Waals surface area contributed by atoms with E-state index >= 15 is 0 Å². The Labute approximate surface area is 136 Å². The van der Waals surface area contributed by atoms with Gasteiger partial charge in [-0.2, -0.15) is 0 Å². The molecule has 1 aromatic heterocycles. The van der Waals surface area contributed by atoms with Gasteiger partial charge in [-0.15, -0.1) is 0 Å². The van der Waals surface area contributed by atoms with Gasteiger partial charge in [0, 0.05) is 30.7 Å². The van der Waals surface area contributed by atoms with Crippen molar-refractivity contribution >= 4 is 0 Å². The van der Waals surface area contributed by atoms with Gasteiger partial charge in [0.25, 0.3) is 0 Å². The lowest BCUT2D eigenvalue weighted by atomic mass is 10.1. The molecule has 118 valence electrons. The fraction of sp³-hybridized carbons (Fsp3) is 0.211. The third-order valence-corrected chi connectivity index (χ3v) is 4.18. The van der Waals surface area contributed by atoms with Gasteiger partial charge >= 0.3 is 0 Å². The molecule has 0 bridgehead atoms. The van der Waals surface area contributed by atoms with Gasteiger partial charge in [0.15, 0.2) is 0 Å². The summed E-state index contributed by atoms with van der Waals surface area (Å²) in [6, 6.07) is 16.2. The minimum absolute atomic E-state index is 0.232. The SMILES string of the molecule is CC(c1cccc(O)c1)N(C)Cc1ccc(-n2ccnc2)cc1. The van der Waals surface area contributed by atoms with Crippen LogP contribution >= 0.6 is 0 Å². The Balaban J connectivity index is 1.69. The van der Waals surface area contributed by atoms with Gasteiger partial charge in [-0.3, -0.25) is 4.90 Å². The highest BCUT2D eigenvalue weighted by atomic mass is 16.3. The molecule has 3 rings (SSSR count). The number of phenolic OH excluding ortho intramolecular Hbond substituents is 1. The van der Waals surface area contributed by atoms with E-state index in [4.69, 9.17) is 0 Å². The Bertz CT molecular complexity index is 751. The highest BCUT2D eigenvalue weighted by Gasteiger charge is 2.12. The fourth-order valence-corrected chi connectivity index (χ4v) is 2.65. The first-order chi connectivity index (χ1) is 11.1. The summed E-state index contributed by atoms with van der Waals surface area (Å²) in [5, 5.41) is 9.63. The number of phenols is 1. The molecule has 4 nitrogen and oxygen atoms in total. The first-order valence-corrected chi connectivity index (χ1v) is 7.70. The van der Waals surface area contributed by atoms with Crippen LogP contribution in [0.5, 0.6) is 5.75 Å². The summed E-state index contributed by atoms with van der Waals surface area (Å²) in [7, 11) is 2.10. The molecule has 0 amide bonds. The molecule has 1 atom stereocenters. The van der Waals surface area contributed by atoms with Crippen LogP contribution in [0.1, 0.15) is 24.1 Å². The van der Waals surface area contributed by atoms with E-state index in [1.165, 1.54) is 5.56 Å². The van der Waals surface area contributed by atoms with Crippen molar-refractivity contribution in [3.63, 3.8) is 0 Å². The zero-order chi connectivity index (χ0) is 16.2. The molecular formula is C19H21N3O. The standard InChI is InChI=1S/C19H21N3O/c1-15(17-4-3-5-19(23)12-17)21(2)13-16-6-8-18(9-7-16)22-11-10-20-14-22/h3-12,14-15,23H,13H2,1-2H3. The molecule has 0 spiro atoms. The van der Waals surface area contributed by atoms with Crippen molar-refractivity contribution < 1.29 is 5.11 Å². The van der Waals surface area contributed by atoms with E-state index in [1.54, 1.807) is 18.6 Å². The highest BCUT2D eigenvalue weighted by molar-refractivity contribution is 5.35. The van der Waals surface area contributed by atoms with Crippen LogP contribution < -0.4 is 0 Å². The molecular weight excluding hydrogens is 286 g/mol. The molecule has 0 aliphatic heterocycles. The zero-order valence-electron chi connectivity index (χ0n) is 13.4. The molecule has 0 radical (unpaired) electrons. The number of hydrogen-bond acceptors (Lipinski definition) is 3. The first kappa shape index (κ1) is 15.3.